The third-order valence-corrected chi connectivity index (χ3v) is 3.75. The lowest BCUT2D eigenvalue weighted by Crippen LogP contribution is -2.48. The molecule has 2 fully saturated rings. The monoisotopic (exact) mass is 241 g/mol. The minimum atomic E-state index is -0.118. The second kappa shape index (κ2) is 6.36. The molecule has 1 N–H and O–H groups in total. The van der Waals surface area contributed by atoms with Gasteiger partial charge in [0.15, 0.2) is 0 Å². The van der Waals surface area contributed by atoms with E-state index in [9.17, 15) is 4.79 Å². The summed E-state index contributed by atoms with van der Waals surface area (Å²) in [6.45, 7) is 3.96. The van der Waals surface area contributed by atoms with Crippen molar-refractivity contribution < 1.29 is 14.3 Å². The number of hydrogen-bond donors (Lipinski definition) is 1. The number of nitrogens with one attached hydrogen (secondary N) is 1. The Morgan fingerprint density at radius 1 is 1.41 bits per heavy atom. The van der Waals surface area contributed by atoms with Gasteiger partial charge < -0.3 is 14.8 Å². The van der Waals surface area contributed by atoms with Gasteiger partial charge in [0.25, 0.3) is 0 Å². The third kappa shape index (κ3) is 3.42. The van der Waals surface area contributed by atoms with Gasteiger partial charge in [0.1, 0.15) is 6.04 Å². The summed E-state index contributed by atoms with van der Waals surface area (Å²) >= 11 is 0. The van der Waals surface area contributed by atoms with Crippen LogP contribution < -0.4 is 5.32 Å². The topological polar surface area (TPSA) is 47.6 Å². The molecule has 17 heavy (non-hydrogen) atoms. The van der Waals surface area contributed by atoms with E-state index in [1.165, 1.54) is 6.42 Å². The van der Waals surface area contributed by atoms with Crippen molar-refractivity contribution in [3.63, 3.8) is 0 Å². The van der Waals surface area contributed by atoms with E-state index in [-0.39, 0.29) is 18.1 Å². The average Bonchev–Trinajstić information content (AvgIpc) is 2.74. The SMILES string of the molecule is CCOC(=O)C(NCC1CCCO1)C1CCC1. The summed E-state index contributed by atoms with van der Waals surface area (Å²) in [5.41, 5.74) is 0. The van der Waals surface area contributed by atoms with Crippen molar-refractivity contribution in [2.45, 2.75) is 51.2 Å². The fraction of sp³-hybridized carbons (Fsp3) is 0.923. The first-order valence-corrected chi connectivity index (χ1v) is 6.83. The summed E-state index contributed by atoms with van der Waals surface area (Å²) in [6, 6.07) is -0.118. The smallest absolute Gasteiger partial charge is 0.323 e. The highest BCUT2D eigenvalue weighted by atomic mass is 16.5. The van der Waals surface area contributed by atoms with Gasteiger partial charge in [0.05, 0.1) is 12.7 Å². The molecule has 0 aromatic heterocycles. The second-order valence-corrected chi connectivity index (χ2v) is 4.96. The summed E-state index contributed by atoms with van der Waals surface area (Å²) < 4.78 is 10.7. The van der Waals surface area contributed by atoms with Gasteiger partial charge in [-0.25, -0.2) is 0 Å². The van der Waals surface area contributed by atoms with Crippen molar-refractivity contribution >= 4 is 5.97 Å². The van der Waals surface area contributed by atoms with Crippen molar-refractivity contribution in [1.29, 1.82) is 0 Å². The molecule has 1 saturated carbocycles. The number of hydrogen-bond acceptors (Lipinski definition) is 4. The van der Waals surface area contributed by atoms with E-state index in [2.05, 4.69) is 5.32 Å². The molecule has 4 nitrogen and oxygen atoms in total. The first kappa shape index (κ1) is 12.8. The minimum absolute atomic E-state index is 0.0878. The van der Waals surface area contributed by atoms with Gasteiger partial charge in [-0.2, -0.15) is 0 Å². The number of ether oxygens (including phenoxy) is 2. The Balaban J connectivity index is 1.79. The van der Waals surface area contributed by atoms with Crippen LogP contribution in [0.15, 0.2) is 0 Å². The molecule has 0 aromatic rings. The molecular formula is C13H23NO3. The van der Waals surface area contributed by atoms with E-state index in [1.54, 1.807) is 0 Å². The Kier molecular flexibility index (Phi) is 4.80. The Morgan fingerprint density at radius 3 is 2.76 bits per heavy atom. The highest BCUT2D eigenvalue weighted by Gasteiger charge is 2.34. The van der Waals surface area contributed by atoms with Crippen molar-refractivity contribution in [3.8, 4) is 0 Å². The zero-order valence-electron chi connectivity index (χ0n) is 10.6. The normalized spacial score (nSPS) is 26.5. The molecule has 0 aromatic carbocycles. The molecule has 1 aliphatic carbocycles. The van der Waals surface area contributed by atoms with Gasteiger partial charge in [-0.1, -0.05) is 6.42 Å². The maximum absolute atomic E-state index is 11.9. The molecule has 0 bridgehead atoms. The highest BCUT2D eigenvalue weighted by Crippen LogP contribution is 2.30. The van der Waals surface area contributed by atoms with Gasteiger partial charge >= 0.3 is 5.97 Å². The van der Waals surface area contributed by atoms with Crippen molar-refractivity contribution in [3.05, 3.63) is 0 Å². The summed E-state index contributed by atoms with van der Waals surface area (Å²) in [7, 11) is 0. The van der Waals surface area contributed by atoms with Crippen LogP contribution >= 0.6 is 0 Å². The number of rotatable bonds is 6. The molecule has 1 aliphatic heterocycles. The fourth-order valence-corrected chi connectivity index (χ4v) is 2.51. The van der Waals surface area contributed by atoms with Crippen LogP contribution in [-0.4, -0.2) is 37.9 Å². The standard InChI is InChI=1S/C13H23NO3/c1-2-16-13(15)12(10-5-3-6-10)14-9-11-7-4-8-17-11/h10-12,14H,2-9H2,1H3. The van der Waals surface area contributed by atoms with Gasteiger partial charge in [0, 0.05) is 13.2 Å². The molecule has 0 spiro atoms. The van der Waals surface area contributed by atoms with E-state index in [0.29, 0.717) is 12.5 Å². The van der Waals surface area contributed by atoms with E-state index in [1.807, 2.05) is 6.92 Å². The van der Waals surface area contributed by atoms with Crippen LogP contribution in [0.2, 0.25) is 0 Å². The number of carbonyl (C=O) groups excluding carboxylic acids is 1. The Labute approximate surface area is 103 Å². The molecule has 2 aliphatic rings. The van der Waals surface area contributed by atoms with Gasteiger partial charge in [-0.15, -0.1) is 0 Å². The van der Waals surface area contributed by atoms with Crippen LogP contribution in [-0.2, 0) is 14.3 Å². The second-order valence-electron chi connectivity index (χ2n) is 4.96. The van der Waals surface area contributed by atoms with Gasteiger partial charge in [-0.3, -0.25) is 4.79 Å². The van der Waals surface area contributed by atoms with Crippen molar-refractivity contribution in [2.75, 3.05) is 19.8 Å². The van der Waals surface area contributed by atoms with Crippen LogP contribution in [0.4, 0.5) is 0 Å². The van der Waals surface area contributed by atoms with Crippen LogP contribution in [0.25, 0.3) is 0 Å². The highest BCUT2D eigenvalue weighted by molar-refractivity contribution is 5.76. The molecule has 4 heteroatoms. The fourth-order valence-electron chi connectivity index (χ4n) is 2.51. The molecule has 1 saturated heterocycles. The summed E-state index contributed by atoms with van der Waals surface area (Å²) in [5, 5.41) is 3.35. The third-order valence-electron chi connectivity index (χ3n) is 3.75. The quantitative estimate of drug-likeness (QED) is 0.716. The zero-order valence-corrected chi connectivity index (χ0v) is 10.6. The molecule has 0 radical (unpaired) electrons. The Morgan fingerprint density at radius 2 is 2.24 bits per heavy atom. The van der Waals surface area contributed by atoms with Crippen LogP contribution in [0.5, 0.6) is 0 Å². The zero-order chi connectivity index (χ0) is 12.1. The number of carbonyl (C=O) groups is 1. The van der Waals surface area contributed by atoms with Crippen molar-refractivity contribution in [2.24, 2.45) is 5.92 Å². The van der Waals surface area contributed by atoms with E-state index in [0.717, 1.165) is 38.8 Å². The summed E-state index contributed by atoms with van der Waals surface area (Å²) in [4.78, 5) is 11.9. The molecule has 98 valence electrons. The Bertz CT molecular complexity index is 247. The Hall–Kier alpha value is -0.610. The first-order chi connectivity index (χ1) is 8.31. The lowest BCUT2D eigenvalue weighted by Gasteiger charge is -2.33. The van der Waals surface area contributed by atoms with Crippen LogP contribution in [0.3, 0.4) is 0 Å². The average molecular weight is 241 g/mol. The molecule has 2 unspecified atom stereocenters. The predicted octanol–water partition coefficient (Wildman–Crippen LogP) is 1.49. The maximum atomic E-state index is 11.9. The molecule has 0 amide bonds. The van der Waals surface area contributed by atoms with Crippen LogP contribution in [0, 0.1) is 5.92 Å². The van der Waals surface area contributed by atoms with E-state index in [4.69, 9.17) is 9.47 Å². The molecule has 2 atom stereocenters. The minimum Gasteiger partial charge on any atom is -0.465 e. The predicted molar refractivity (Wildman–Crippen MR) is 64.7 cm³/mol. The summed E-state index contributed by atoms with van der Waals surface area (Å²) in [6.07, 6.45) is 6.05. The lowest BCUT2D eigenvalue weighted by atomic mass is 9.79. The largest absolute Gasteiger partial charge is 0.465 e. The van der Waals surface area contributed by atoms with Gasteiger partial charge in [0.2, 0.25) is 0 Å². The first-order valence-electron chi connectivity index (χ1n) is 6.83. The lowest BCUT2D eigenvalue weighted by molar-refractivity contribution is -0.148. The van der Waals surface area contributed by atoms with Gasteiger partial charge in [-0.05, 0) is 38.5 Å². The molecule has 2 rings (SSSR count). The summed E-state index contributed by atoms with van der Waals surface area (Å²) in [5.74, 6) is 0.380. The number of esters is 1. The van der Waals surface area contributed by atoms with E-state index >= 15 is 0 Å². The molecular weight excluding hydrogens is 218 g/mol. The van der Waals surface area contributed by atoms with Crippen LogP contribution in [0.1, 0.15) is 39.0 Å². The van der Waals surface area contributed by atoms with E-state index < -0.39 is 0 Å². The van der Waals surface area contributed by atoms with Crippen molar-refractivity contribution in [1.82, 2.24) is 5.32 Å². The maximum Gasteiger partial charge on any atom is 0.323 e. The molecule has 1 heterocycles.